The maximum Gasteiger partial charge on any atom is 0.143 e. The highest BCUT2D eigenvalue weighted by molar-refractivity contribution is 5.48. The van der Waals surface area contributed by atoms with Crippen LogP contribution in [0.4, 0.5) is 0 Å². The molecule has 2 aromatic rings. The Hall–Kier alpha value is -1.88. The third-order valence-electron chi connectivity index (χ3n) is 2.18. The molecule has 15 heavy (non-hydrogen) atoms. The number of benzene rings is 1. The molecule has 0 aliphatic rings. The topological polar surface area (TPSA) is 66.0 Å². The molecule has 0 aliphatic heterocycles. The smallest absolute Gasteiger partial charge is 0.143 e. The zero-order chi connectivity index (χ0) is 10.7. The van der Waals surface area contributed by atoms with E-state index in [0.717, 1.165) is 17.0 Å². The minimum absolute atomic E-state index is 0.499. The summed E-state index contributed by atoms with van der Waals surface area (Å²) in [5.41, 5.74) is 7.49. The van der Waals surface area contributed by atoms with Crippen LogP contribution >= 0.6 is 0 Å². The second-order valence-electron chi connectivity index (χ2n) is 3.08. The zero-order valence-corrected chi connectivity index (χ0v) is 8.42. The normalized spacial score (nSPS) is 10.3. The van der Waals surface area contributed by atoms with Gasteiger partial charge in [-0.2, -0.15) is 0 Å². The van der Waals surface area contributed by atoms with Crippen molar-refractivity contribution in [2.75, 3.05) is 7.11 Å². The van der Waals surface area contributed by atoms with E-state index in [-0.39, 0.29) is 0 Å². The number of hydrogen-bond donors (Lipinski definition) is 1. The Kier molecular flexibility index (Phi) is 2.64. The average molecular weight is 204 g/mol. The maximum absolute atomic E-state index is 5.56. The molecule has 78 valence electrons. The molecule has 0 aliphatic carbocycles. The molecular weight excluding hydrogens is 192 g/mol. The van der Waals surface area contributed by atoms with Crippen molar-refractivity contribution in [3.05, 3.63) is 36.4 Å². The number of ether oxygens (including phenoxy) is 1. The molecule has 5 nitrogen and oxygen atoms in total. The van der Waals surface area contributed by atoms with E-state index in [0.29, 0.717) is 6.54 Å². The van der Waals surface area contributed by atoms with Gasteiger partial charge in [0.1, 0.15) is 18.4 Å². The third-order valence-corrected chi connectivity index (χ3v) is 2.18. The summed E-state index contributed by atoms with van der Waals surface area (Å²) in [5, 5.41) is 7.50. The molecule has 1 heterocycles. The van der Waals surface area contributed by atoms with Crippen LogP contribution in [0.15, 0.2) is 30.9 Å². The molecule has 0 fully saturated rings. The van der Waals surface area contributed by atoms with E-state index in [9.17, 15) is 0 Å². The molecular formula is C10H12N4O. The van der Waals surface area contributed by atoms with Gasteiger partial charge in [0.15, 0.2) is 0 Å². The molecule has 0 saturated heterocycles. The first-order valence-electron chi connectivity index (χ1n) is 4.57. The summed E-state index contributed by atoms with van der Waals surface area (Å²) in [6.07, 6.45) is 3.25. The van der Waals surface area contributed by atoms with Crippen molar-refractivity contribution in [2.45, 2.75) is 6.54 Å². The summed E-state index contributed by atoms with van der Waals surface area (Å²) in [4.78, 5) is 0. The van der Waals surface area contributed by atoms with Crippen molar-refractivity contribution < 1.29 is 4.74 Å². The highest BCUT2D eigenvalue weighted by Crippen LogP contribution is 2.23. The quantitative estimate of drug-likeness (QED) is 0.800. The highest BCUT2D eigenvalue weighted by atomic mass is 16.5. The fourth-order valence-corrected chi connectivity index (χ4v) is 1.39. The van der Waals surface area contributed by atoms with Gasteiger partial charge in [-0.1, -0.05) is 6.07 Å². The van der Waals surface area contributed by atoms with Crippen LogP contribution in [0.3, 0.4) is 0 Å². The van der Waals surface area contributed by atoms with Crippen molar-refractivity contribution >= 4 is 0 Å². The molecule has 0 saturated carbocycles. The summed E-state index contributed by atoms with van der Waals surface area (Å²) in [5.74, 6) is 0.762. The van der Waals surface area contributed by atoms with Crippen LogP contribution in [0.2, 0.25) is 0 Å². The molecule has 2 N–H and O–H groups in total. The first kappa shape index (κ1) is 9.67. The Labute approximate surface area is 87.5 Å². The second kappa shape index (κ2) is 4.10. The molecule has 5 heteroatoms. The summed E-state index contributed by atoms with van der Waals surface area (Å²) >= 11 is 0. The van der Waals surface area contributed by atoms with Gasteiger partial charge in [-0.3, -0.25) is 4.57 Å². The van der Waals surface area contributed by atoms with Gasteiger partial charge in [-0.25, -0.2) is 0 Å². The minimum Gasteiger partial charge on any atom is -0.495 e. The lowest BCUT2D eigenvalue weighted by atomic mass is 10.2. The summed E-state index contributed by atoms with van der Waals surface area (Å²) < 4.78 is 7.07. The minimum atomic E-state index is 0.499. The van der Waals surface area contributed by atoms with Gasteiger partial charge in [0, 0.05) is 6.54 Å². The van der Waals surface area contributed by atoms with Crippen LogP contribution in [0, 0.1) is 0 Å². The third kappa shape index (κ3) is 1.82. The highest BCUT2D eigenvalue weighted by Gasteiger charge is 2.05. The average Bonchev–Trinajstić information content (AvgIpc) is 2.81. The van der Waals surface area contributed by atoms with E-state index >= 15 is 0 Å². The summed E-state index contributed by atoms with van der Waals surface area (Å²) in [6.45, 7) is 0.499. The van der Waals surface area contributed by atoms with E-state index in [4.69, 9.17) is 10.5 Å². The molecule has 1 aromatic carbocycles. The van der Waals surface area contributed by atoms with Crippen LogP contribution in [0.1, 0.15) is 5.56 Å². The SMILES string of the molecule is COc1cc(CN)ccc1-n1cnnc1. The number of rotatable bonds is 3. The molecule has 0 spiro atoms. The predicted molar refractivity (Wildman–Crippen MR) is 55.8 cm³/mol. The molecule has 0 bridgehead atoms. The number of aromatic nitrogens is 3. The van der Waals surface area contributed by atoms with Crippen LogP contribution in [-0.4, -0.2) is 21.9 Å². The molecule has 0 atom stereocenters. The largest absolute Gasteiger partial charge is 0.495 e. The molecule has 0 unspecified atom stereocenters. The van der Waals surface area contributed by atoms with Gasteiger partial charge < -0.3 is 10.5 Å². The number of nitrogens with zero attached hydrogens (tertiary/aromatic N) is 3. The fourth-order valence-electron chi connectivity index (χ4n) is 1.39. The molecule has 0 radical (unpaired) electrons. The number of nitrogens with two attached hydrogens (primary N) is 1. The summed E-state index contributed by atoms with van der Waals surface area (Å²) in [6, 6.07) is 5.80. The monoisotopic (exact) mass is 204 g/mol. The van der Waals surface area contributed by atoms with E-state index in [1.807, 2.05) is 18.2 Å². The Morgan fingerprint density at radius 1 is 1.33 bits per heavy atom. The van der Waals surface area contributed by atoms with E-state index in [2.05, 4.69) is 10.2 Å². The molecule has 1 aromatic heterocycles. The van der Waals surface area contributed by atoms with Gasteiger partial charge in [-0.15, -0.1) is 10.2 Å². The van der Waals surface area contributed by atoms with Gasteiger partial charge >= 0.3 is 0 Å². The lowest BCUT2D eigenvalue weighted by Crippen LogP contribution is -2.00. The van der Waals surface area contributed by atoms with Crippen molar-refractivity contribution in [1.82, 2.24) is 14.8 Å². The standard InChI is InChI=1S/C10H12N4O/c1-15-10-4-8(5-11)2-3-9(10)14-6-12-13-7-14/h2-4,6-7H,5,11H2,1H3. The lowest BCUT2D eigenvalue weighted by molar-refractivity contribution is 0.412. The van der Waals surface area contributed by atoms with Crippen molar-refractivity contribution in [2.24, 2.45) is 5.73 Å². The van der Waals surface area contributed by atoms with Crippen LogP contribution in [-0.2, 0) is 6.54 Å². The first-order chi connectivity index (χ1) is 7.35. The lowest BCUT2D eigenvalue weighted by Gasteiger charge is -2.09. The van der Waals surface area contributed by atoms with Crippen molar-refractivity contribution in [1.29, 1.82) is 0 Å². The van der Waals surface area contributed by atoms with Crippen molar-refractivity contribution in [3.63, 3.8) is 0 Å². The maximum atomic E-state index is 5.56. The Morgan fingerprint density at radius 2 is 2.07 bits per heavy atom. The Morgan fingerprint density at radius 3 is 2.67 bits per heavy atom. The fraction of sp³-hybridized carbons (Fsp3) is 0.200. The second-order valence-corrected chi connectivity index (χ2v) is 3.08. The predicted octanol–water partition coefficient (Wildman–Crippen LogP) is 0.735. The van der Waals surface area contributed by atoms with Gasteiger partial charge in [0.05, 0.1) is 12.8 Å². The molecule has 0 amide bonds. The van der Waals surface area contributed by atoms with E-state index in [1.165, 1.54) is 0 Å². The summed E-state index contributed by atoms with van der Waals surface area (Å²) in [7, 11) is 1.63. The zero-order valence-electron chi connectivity index (χ0n) is 8.42. The van der Waals surface area contributed by atoms with Crippen LogP contribution in [0.5, 0.6) is 5.75 Å². The Balaban J connectivity index is 2.48. The van der Waals surface area contributed by atoms with Gasteiger partial charge in [0.25, 0.3) is 0 Å². The van der Waals surface area contributed by atoms with E-state index < -0.39 is 0 Å². The first-order valence-corrected chi connectivity index (χ1v) is 4.57. The van der Waals surface area contributed by atoms with E-state index in [1.54, 1.807) is 24.3 Å². The van der Waals surface area contributed by atoms with Gasteiger partial charge in [0.2, 0.25) is 0 Å². The van der Waals surface area contributed by atoms with Gasteiger partial charge in [-0.05, 0) is 17.7 Å². The number of hydrogen-bond acceptors (Lipinski definition) is 4. The number of methoxy groups -OCH3 is 1. The molecule has 2 rings (SSSR count). The Bertz CT molecular complexity index is 439. The van der Waals surface area contributed by atoms with Crippen LogP contribution < -0.4 is 10.5 Å². The van der Waals surface area contributed by atoms with Crippen LogP contribution in [0.25, 0.3) is 5.69 Å². The van der Waals surface area contributed by atoms with Crippen molar-refractivity contribution in [3.8, 4) is 11.4 Å².